The van der Waals surface area contributed by atoms with Crippen LogP contribution in [0.15, 0.2) is 43.0 Å². The summed E-state index contributed by atoms with van der Waals surface area (Å²) in [7, 11) is 1.79. The average molecular weight is 377 g/mol. The highest BCUT2D eigenvalue weighted by molar-refractivity contribution is 5.97. The predicted octanol–water partition coefficient (Wildman–Crippen LogP) is 1.40. The van der Waals surface area contributed by atoms with Crippen LogP contribution < -0.4 is 4.90 Å². The molecule has 2 aliphatic rings. The van der Waals surface area contributed by atoms with E-state index in [0.717, 1.165) is 11.2 Å². The Morgan fingerprint density at radius 3 is 2.64 bits per heavy atom. The van der Waals surface area contributed by atoms with Crippen molar-refractivity contribution in [1.82, 2.24) is 29.5 Å². The second-order valence-electron chi connectivity index (χ2n) is 7.16. The van der Waals surface area contributed by atoms with Gasteiger partial charge in [-0.15, -0.1) is 0 Å². The summed E-state index contributed by atoms with van der Waals surface area (Å²) in [5, 5.41) is 4.40. The van der Waals surface area contributed by atoms with Gasteiger partial charge in [-0.1, -0.05) is 0 Å². The number of hydrogen-bond donors (Lipinski definition) is 0. The molecular formula is C19H19N7O2. The highest BCUT2D eigenvalue weighted by Crippen LogP contribution is 2.26. The van der Waals surface area contributed by atoms with Gasteiger partial charge in [-0.3, -0.25) is 24.3 Å². The van der Waals surface area contributed by atoms with Crippen molar-refractivity contribution in [3.8, 4) is 0 Å². The van der Waals surface area contributed by atoms with Crippen molar-refractivity contribution in [3.63, 3.8) is 0 Å². The molecule has 0 bridgehead atoms. The van der Waals surface area contributed by atoms with E-state index in [1.165, 1.54) is 0 Å². The Morgan fingerprint density at radius 1 is 1.11 bits per heavy atom. The molecule has 0 saturated carbocycles. The van der Waals surface area contributed by atoms with Gasteiger partial charge in [0, 0.05) is 57.4 Å². The van der Waals surface area contributed by atoms with Crippen LogP contribution in [0.1, 0.15) is 16.4 Å². The number of likely N-dealkylation sites (N-methyl/N-ethyl adjacent to an activating group) is 1. The standard InChI is InChI=1S/C19H19N7O2/c1-23-6-7-25(19(23)28)14-9-22-26(12-14)15-10-24(11-15)18(27)13-2-3-16-17(8-13)21-5-4-20-16/h2-5,8-9,12,15H,6-7,10-11H2,1H3. The van der Waals surface area contributed by atoms with Crippen molar-refractivity contribution in [1.29, 1.82) is 0 Å². The van der Waals surface area contributed by atoms with Crippen molar-refractivity contribution in [3.05, 3.63) is 48.5 Å². The minimum Gasteiger partial charge on any atom is -0.334 e. The molecule has 3 aromatic rings. The van der Waals surface area contributed by atoms with E-state index in [1.54, 1.807) is 52.5 Å². The Morgan fingerprint density at radius 2 is 1.89 bits per heavy atom. The molecule has 3 amide bonds. The van der Waals surface area contributed by atoms with Gasteiger partial charge in [0.25, 0.3) is 5.91 Å². The van der Waals surface area contributed by atoms with Gasteiger partial charge in [-0.2, -0.15) is 5.10 Å². The first kappa shape index (κ1) is 16.7. The summed E-state index contributed by atoms with van der Waals surface area (Å²) in [5.74, 6) is -0.0208. The number of fused-ring (bicyclic) bond motifs is 1. The molecular weight excluding hydrogens is 358 g/mol. The first-order valence-corrected chi connectivity index (χ1v) is 9.17. The zero-order chi connectivity index (χ0) is 19.3. The molecule has 0 unspecified atom stereocenters. The smallest absolute Gasteiger partial charge is 0.324 e. The normalized spacial score (nSPS) is 17.5. The molecule has 2 fully saturated rings. The van der Waals surface area contributed by atoms with Crippen molar-refractivity contribution < 1.29 is 9.59 Å². The number of rotatable bonds is 3. The van der Waals surface area contributed by atoms with E-state index in [4.69, 9.17) is 0 Å². The molecule has 0 aliphatic carbocycles. The molecule has 2 saturated heterocycles. The van der Waals surface area contributed by atoms with E-state index < -0.39 is 0 Å². The lowest BCUT2D eigenvalue weighted by atomic mass is 10.1. The van der Waals surface area contributed by atoms with Gasteiger partial charge in [0.1, 0.15) is 0 Å². The minimum atomic E-state index is -0.0208. The lowest BCUT2D eigenvalue weighted by Crippen LogP contribution is -2.50. The first-order valence-electron chi connectivity index (χ1n) is 9.17. The summed E-state index contributed by atoms with van der Waals surface area (Å²) in [5.41, 5.74) is 2.89. The second kappa shape index (κ2) is 6.29. The van der Waals surface area contributed by atoms with Crippen molar-refractivity contribution in [2.45, 2.75) is 6.04 Å². The maximum absolute atomic E-state index is 12.7. The second-order valence-corrected chi connectivity index (χ2v) is 7.16. The number of anilines is 1. The van der Waals surface area contributed by atoms with Crippen LogP contribution >= 0.6 is 0 Å². The molecule has 142 valence electrons. The van der Waals surface area contributed by atoms with Gasteiger partial charge in [0.15, 0.2) is 0 Å². The summed E-state index contributed by atoms with van der Waals surface area (Å²) in [6.45, 7) is 2.56. The third-order valence-corrected chi connectivity index (χ3v) is 5.36. The molecule has 0 N–H and O–H groups in total. The van der Waals surface area contributed by atoms with Crippen LogP contribution in [0.3, 0.4) is 0 Å². The number of aromatic nitrogens is 4. The van der Waals surface area contributed by atoms with E-state index in [2.05, 4.69) is 15.1 Å². The number of hydrogen-bond acceptors (Lipinski definition) is 5. The average Bonchev–Trinajstić information content (AvgIpc) is 3.27. The topological polar surface area (TPSA) is 87.5 Å². The molecule has 0 spiro atoms. The first-order chi connectivity index (χ1) is 13.6. The number of likely N-dealkylation sites (tertiary alicyclic amines) is 1. The number of urea groups is 1. The van der Waals surface area contributed by atoms with Gasteiger partial charge in [-0.25, -0.2) is 4.79 Å². The molecule has 1 aromatic carbocycles. The van der Waals surface area contributed by atoms with Crippen molar-refractivity contribution in [2.75, 3.05) is 38.1 Å². The van der Waals surface area contributed by atoms with Crippen LogP contribution in [0.5, 0.6) is 0 Å². The highest BCUT2D eigenvalue weighted by Gasteiger charge is 2.34. The monoisotopic (exact) mass is 377 g/mol. The van der Waals surface area contributed by atoms with E-state index in [0.29, 0.717) is 37.3 Å². The molecule has 2 aromatic heterocycles. The van der Waals surface area contributed by atoms with Crippen molar-refractivity contribution in [2.24, 2.45) is 0 Å². The van der Waals surface area contributed by atoms with Crippen LogP contribution in [-0.2, 0) is 0 Å². The van der Waals surface area contributed by atoms with Gasteiger partial charge in [0.2, 0.25) is 0 Å². The van der Waals surface area contributed by atoms with E-state index >= 15 is 0 Å². The zero-order valence-electron chi connectivity index (χ0n) is 15.4. The molecule has 9 nitrogen and oxygen atoms in total. The molecule has 4 heterocycles. The molecule has 28 heavy (non-hydrogen) atoms. The maximum atomic E-state index is 12.7. The molecule has 5 rings (SSSR count). The molecule has 2 aliphatic heterocycles. The van der Waals surface area contributed by atoms with Crippen LogP contribution in [0, 0.1) is 0 Å². The van der Waals surface area contributed by atoms with Gasteiger partial charge >= 0.3 is 6.03 Å². The summed E-state index contributed by atoms with van der Waals surface area (Å²) in [6.07, 6.45) is 6.85. The number of benzene rings is 1. The Balaban J connectivity index is 1.26. The number of carbonyl (C=O) groups excluding carboxylic acids is 2. The third kappa shape index (κ3) is 2.67. The summed E-state index contributed by atoms with van der Waals surface area (Å²) in [4.78, 5) is 38.5. The third-order valence-electron chi connectivity index (χ3n) is 5.36. The van der Waals surface area contributed by atoms with E-state index in [-0.39, 0.29) is 18.0 Å². The minimum absolute atomic E-state index is 0.00985. The van der Waals surface area contributed by atoms with Crippen LogP contribution in [-0.4, -0.2) is 74.7 Å². The van der Waals surface area contributed by atoms with Crippen molar-refractivity contribution >= 4 is 28.7 Å². The zero-order valence-corrected chi connectivity index (χ0v) is 15.4. The van der Waals surface area contributed by atoms with Gasteiger partial charge < -0.3 is 9.80 Å². The van der Waals surface area contributed by atoms with Crippen LogP contribution in [0.25, 0.3) is 11.0 Å². The maximum Gasteiger partial charge on any atom is 0.324 e. The molecule has 0 radical (unpaired) electrons. The molecule has 9 heteroatoms. The quantitative estimate of drug-likeness (QED) is 0.688. The number of amides is 3. The summed E-state index contributed by atoms with van der Waals surface area (Å²) >= 11 is 0. The van der Waals surface area contributed by atoms with E-state index in [1.807, 2.05) is 16.9 Å². The summed E-state index contributed by atoms with van der Waals surface area (Å²) < 4.78 is 1.84. The Hall–Kier alpha value is -3.49. The van der Waals surface area contributed by atoms with E-state index in [9.17, 15) is 9.59 Å². The number of nitrogens with zero attached hydrogens (tertiary/aromatic N) is 7. The Bertz CT molecular complexity index is 1070. The fraction of sp³-hybridized carbons (Fsp3) is 0.316. The number of carbonyl (C=O) groups is 2. The highest BCUT2D eigenvalue weighted by atomic mass is 16.2. The van der Waals surface area contributed by atoms with Gasteiger partial charge in [-0.05, 0) is 18.2 Å². The van der Waals surface area contributed by atoms with Crippen LogP contribution in [0.2, 0.25) is 0 Å². The molecule has 0 atom stereocenters. The Labute approximate surface area is 161 Å². The summed E-state index contributed by atoms with van der Waals surface area (Å²) in [6, 6.07) is 5.49. The predicted molar refractivity (Wildman–Crippen MR) is 102 cm³/mol. The lowest BCUT2D eigenvalue weighted by molar-refractivity contribution is 0.0502. The Kier molecular flexibility index (Phi) is 3.75. The van der Waals surface area contributed by atoms with Gasteiger partial charge in [0.05, 0.1) is 29.0 Å². The fourth-order valence-corrected chi connectivity index (χ4v) is 3.62. The van der Waals surface area contributed by atoms with Crippen LogP contribution in [0.4, 0.5) is 10.5 Å². The lowest BCUT2D eigenvalue weighted by Gasteiger charge is -2.39. The fourth-order valence-electron chi connectivity index (χ4n) is 3.62. The SMILES string of the molecule is CN1CCN(c2cnn(C3CN(C(=O)c4ccc5nccnc5c4)C3)c2)C1=O. The largest absolute Gasteiger partial charge is 0.334 e.